The molecule has 21 heavy (non-hydrogen) atoms. The summed E-state index contributed by atoms with van der Waals surface area (Å²) in [7, 11) is 0. The molecule has 0 atom stereocenters. The third-order valence-electron chi connectivity index (χ3n) is 4.64. The lowest BCUT2D eigenvalue weighted by Gasteiger charge is -2.26. The van der Waals surface area contributed by atoms with Crippen molar-refractivity contribution in [3.63, 3.8) is 0 Å². The van der Waals surface area contributed by atoms with Crippen LogP contribution in [0.25, 0.3) is 11.4 Å². The smallest absolute Gasteiger partial charge is 0.234 e. The van der Waals surface area contributed by atoms with E-state index < -0.39 is 0 Å². The molecule has 0 saturated heterocycles. The van der Waals surface area contributed by atoms with Crippen molar-refractivity contribution >= 4 is 0 Å². The van der Waals surface area contributed by atoms with E-state index in [0.717, 1.165) is 24.3 Å². The summed E-state index contributed by atoms with van der Waals surface area (Å²) in [4.78, 5) is 4.66. The van der Waals surface area contributed by atoms with Gasteiger partial charge in [0.1, 0.15) is 0 Å². The Balaban J connectivity index is 1.90. The summed E-state index contributed by atoms with van der Waals surface area (Å²) >= 11 is 0. The van der Waals surface area contributed by atoms with Crippen molar-refractivity contribution in [3.05, 3.63) is 35.7 Å². The maximum absolute atomic E-state index is 6.08. The fraction of sp³-hybridized carbons (Fsp3) is 0.529. The van der Waals surface area contributed by atoms with Gasteiger partial charge in [-0.15, -0.1) is 0 Å². The summed E-state index contributed by atoms with van der Waals surface area (Å²) in [6.45, 7) is 2.66. The largest absolute Gasteiger partial charge is 0.338 e. The van der Waals surface area contributed by atoms with Gasteiger partial charge in [0, 0.05) is 12.1 Å². The van der Waals surface area contributed by atoms with Crippen molar-refractivity contribution in [2.45, 2.75) is 50.9 Å². The first-order chi connectivity index (χ1) is 10.2. The highest BCUT2D eigenvalue weighted by Crippen LogP contribution is 2.37. The highest BCUT2D eigenvalue weighted by atomic mass is 16.5. The molecule has 2 aromatic rings. The summed E-state index contributed by atoms with van der Waals surface area (Å²) in [5, 5.41) is 4.17. The van der Waals surface area contributed by atoms with Crippen LogP contribution < -0.4 is 5.73 Å². The number of aromatic nitrogens is 2. The molecule has 0 spiro atoms. The van der Waals surface area contributed by atoms with E-state index in [2.05, 4.69) is 29.2 Å². The lowest BCUT2D eigenvalue weighted by atomic mass is 9.80. The van der Waals surface area contributed by atoms with Crippen LogP contribution in [-0.2, 0) is 5.41 Å². The molecule has 1 aliphatic rings. The molecule has 1 saturated carbocycles. The van der Waals surface area contributed by atoms with E-state index in [4.69, 9.17) is 10.3 Å². The molecule has 1 fully saturated rings. The Labute approximate surface area is 125 Å². The zero-order valence-corrected chi connectivity index (χ0v) is 12.6. The van der Waals surface area contributed by atoms with E-state index in [1.807, 2.05) is 12.1 Å². The Kier molecular flexibility index (Phi) is 4.06. The minimum Gasteiger partial charge on any atom is -0.338 e. The Morgan fingerprint density at radius 2 is 1.76 bits per heavy atom. The van der Waals surface area contributed by atoms with Crippen LogP contribution in [0.2, 0.25) is 0 Å². The lowest BCUT2D eigenvalue weighted by molar-refractivity contribution is 0.257. The number of hydrogen-bond donors (Lipinski definition) is 1. The number of aryl methyl sites for hydroxylation is 1. The molecule has 0 bridgehead atoms. The molecule has 4 nitrogen and oxygen atoms in total. The molecule has 0 aliphatic heterocycles. The fourth-order valence-electron chi connectivity index (χ4n) is 3.17. The van der Waals surface area contributed by atoms with Crippen LogP contribution in [0.1, 0.15) is 50.0 Å². The monoisotopic (exact) mass is 285 g/mol. The van der Waals surface area contributed by atoms with Crippen LogP contribution in [0.15, 0.2) is 28.8 Å². The summed E-state index contributed by atoms with van der Waals surface area (Å²) in [5.74, 6) is 1.39. The third kappa shape index (κ3) is 2.86. The average Bonchev–Trinajstić information content (AvgIpc) is 2.88. The first-order valence-corrected chi connectivity index (χ1v) is 7.85. The Bertz CT molecular complexity index is 580. The maximum atomic E-state index is 6.08. The van der Waals surface area contributed by atoms with Gasteiger partial charge in [-0.25, -0.2) is 0 Å². The molecular formula is C17H23N3O. The average molecular weight is 285 g/mol. The van der Waals surface area contributed by atoms with Crippen LogP contribution in [-0.4, -0.2) is 16.7 Å². The Hall–Kier alpha value is -1.68. The van der Waals surface area contributed by atoms with Crippen molar-refractivity contribution in [1.82, 2.24) is 10.1 Å². The molecule has 0 amide bonds. The van der Waals surface area contributed by atoms with Crippen LogP contribution in [0.3, 0.4) is 0 Å². The van der Waals surface area contributed by atoms with Crippen molar-refractivity contribution in [2.75, 3.05) is 6.54 Å². The van der Waals surface area contributed by atoms with Crippen LogP contribution in [0.5, 0.6) is 0 Å². The second-order valence-corrected chi connectivity index (χ2v) is 6.19. The van der Waals surface area contributed by atoms with Crippen LogP contribution >= 0.6 is 0 Å². The van der Waals surface area contributed by atoms with Gasteiger partial charge in [-0.2, -0.15) is 4.98 Å². The summed E-state index contributed by atoms with van der Waals surface area (Å²) in [6.07, 6.45) is 7.05. The second kappa shape index (κ2) is 5.98. The first-order valence-electron chi connectivity index (χ1n) is 7.85. The topological polar surface area (TPSA) is 64.9 Å². The van der Waals surface area contributed by atoms with Gasteiger partial charge in [0.2, 0.25) is 11.7 Å². The molecule has 112 valence electrons. The Morgan fingerprint density at radius 1 is 1.10 bits per heavy atom. The molecule has 2 N–H and O–H groups in total. The van der Waals surface area contributed by atoms with Gasteiger partial charge >= 0.3 is 0 Å². The van der Waals surface area contributed by atoms with Crippen molar-refractivity contribution in [2.24, 2.45) is 5.73 Å². The molecule has 0 radical (unpaired) electrons. The van der Waals surface area contributed by atoms with E-state index in [9.17, 15) is 0 Å². The van der Waals surface area contributed by atoms with E-state index in [-0.39, 0.29) is 5.41 Å². The number of nitrogens with two attached hydrogens (primary N) is 1. The molecular weight excluding hydrogens is 262 g/mol. The van der Waals surface area contributed by atoms with Crippen molar-refractivity contribution < 1.29 is 4.52 Å². The van der Waals surface area contributed by atoms with Gasteiger partial charge in [0.15, 0.2) is 0 Å². The van der Waals surface area contributed by atoms with Gasteiger partial charge in [-0.1, -0.05) is 60.7 Å². The van der Waals surface area contributed by atoms with E-state index in [1.54, 1.807) is 0 Å². The summed E-state index contributed by atoms with van der Waals surface area (Å²) < 4.78 is 5.60. The molecule has 1 aromatic heterocycles. The quantitative estimate of drug-likeness (QED) is 0.875. The maximum Gasteiger partial charge on any atom is 0.234 e. The zero-order chi connectivity index (χ0) is 14.7. The van der Waals surface area contributed by atoms with Crippen molar-refractivity contribution in [3.8, 4) is 11.4 Å². The predicted octanol–water partition coefficient (Wildman–Crippen LogP) is 3.60. The standard InChI is InChI=1S/C17H23N3O/c1-13-6-8-14(9-7-13)15-19-16(21-20-15)17(12-18)10-4-2-3-5-11-17/h6-9H,2-5,10-12,18H2,1H3. The highest BCUT2D eigenvalue weighted by Gasteiger charge is 2.37. The van der Waals surface area contributed by atoms with Gasteiger partial charge in [0.25, 0.3) is 0 Å². The van der Waals surface area contributed by atoms with Gasteiger partial charge in [-0.05, 0) is 19.8 Å². The van der Waals surface area contributed by atoms with Gasteiger partial charge in [0.05, 0.1) is 5.41 Å². The predicted molar refractivity (Wildman–Crippen MR) is 82.9 cm³/mol. The molecule has 0 unspecified atom stereocenters. The fourth-order valence-corrected chi connectivity index (χ4v) is 3.17. The molecule has 4 heteroatoms. The summed E-state index contributed by atoms with van der Waals surface area (Å²) in [5.41, 5.74) is 8.18. The Morgan fingerprint density at radius 3 is 2.38 bits per heavy atom. The first kappa shape index (κ1) is 14.3. The summed E-state index contributed by atoms with van der Waals surface area (Å²) in [6, 6.07) is 8.20. The van der Waals surface area contributed by atoms with Crippen molar-refractivity contribution in [1.29, 1.82) is 0 Å². The number of hydrogen-bond acceptors (Lipinski definition) is 4. The number of nitrogens with zero attached hydrogens (tertiary/aromatic N) is 2. The van der Waals surface area contributed by atoms with Crippen LogP contribution in [0.4, 0.5) is 0 Å². The van der Waals surface area contributed by atoms with E-state index in [1.165, 1.54) is 31.2 Å². The molecule has 3 rings (SSSR count). The molecule has 1 aromatic carbocycles. The highest BCUT2D eigenvalue weighted by molar-refractivity contribution is 5.54. The molecule has 1 heterocycles. The van der Waals surface area contributed by atoms with Crippen LogP contribution in [0, 0.1) is 6.92 Å². The zero-order valence-electron chi connectivity index (χ0n) is 12.6. The minimum atomic E-state index is -0.119. The van der Waals surface area contributed by atoms with Gasteiger partial charge < -0.3 is 10.3 Å². The van der Waals surface area contributed by atoms with E-state index >= 15 is 0 Å². The van der Waals surface area contributed by atoms with Gasteiger partial charge in [-0.3, -0.25) is 0 Å². The number of rotatable bonds is 3. The third-order valence-corrected chi connectivity index (χ3v) is 4.64. The minimum absolute atomic E-state index is 0.119. The second-order valence-electron chi connectivity index (χ2n) is 6.19. The number of benzene rings is 1. The molecule has 1 aliphatic carbocycles. The lowest BCUT2D eigenvalue weighted by Crippen LogP contribution is -2.35. The normalized spacial score (nSPS) is 18.4. The van der Waals surface area contributed by atoms with E-state index in [0.29, 0.717) is 12.4 Å². The SMILES string of the molecule is Cc1ccc(-c2noc(C3(CN)CCCCCC3)n2)cc1.